The second-order valence-electron chi connectivity index (χ2n) is 5.02. The van der Waals surface area contributed by atoms with Gasteiger partial charge in [-0.15, -0.1) is 0 Å². The zero-order valence-corrected chi connectivity index (χ0v) is 12.0. The smallest absolute Gasteiger partial charge is 0.335 e. The molecule has 0 spiro atoms. The first kappa shape index (κ1) is 14.6. The SMILES string of the molecule is O=C(COC(=O)[C@@H]1CCCO1)Nc1ccc2c(c1)OCCO2. The molecule has 0 unspecified atom stereocenters. The lowest BCUT2D eigenvalue weighted by atomic mass is 10.2. The third-order valence-corrected chi connectivity index (χ3v) is 3.36. The Bertz CT molecular complexity index is 567. The molecule has 1 amide bonds. The van der Waals surface area contributed by atoms with E-state index in [0.29, 0.717) is 43.4 Å². The molecule has 1 N–H and O–H groups in total. The van der Waals surface area contributed by atoms with Gasteiger partial charge in [0.05, 0.1) is 0 Å². The topological polar surface area (TPSA) is 83.1 Å². The first-order valence-electron chi connectivity index (χ1n) is 7.20. The third-order valence-electron chi connectivity index (χ3n) is 3.36. The number of esters is 1. The predicted molar refractivity (Wildman–Crippen MR) is 76.0 cm³/mol. The van der Waals surface area contributed by atoms with E-state index in [9.17, 15) is 9.59 Å². The lowest BCUT2D eigenvalue weighted by Crippen LogP contribution is -2.27. The van der Waals surface area contributed by atoms with Crippen molar-refractivity contribution in [1.82, 2.24) is 0 Å². The van der Waals surface area contributed by atoms with Crippen molar-refractivity contribution in [2.24, 2.45) is 0 Å². The molecule has 1 saturated heterocycles. The zero-order chi connectivity index (χ0) is 15.4. The fraction of sp³-hybridized carbons (Fsp3) is 0.467. The van der Waals surface area contributed by atoms with E-state index in [0.717, 1.165) is 6.42 Å². The molecule has 1 aromatic rings. The van der Waals surface area contributed by atoms with Crippen molar-refractivity contribution in [3.8, 4) is 11.5 Å². The number of benzene rings is 1. The van der Waals surface area contributed by atoms with E-state index in [1.54, 1.807) is 18.2 Å². The first-order valence-corrected chi connectivity index (χ1v) is 7.20. The van der Waals surface area contributed by atoms with Gasteiger partial charge in [0.15, 0.2) is 24.2 Å². The van der Waals surface area contributed by atoms with Gasteiger partial charge in [-0.2, -0.15) is 0 Å². The quantitative estimate of drug-likeness (QED) is 0.839. The van der Waals surface area contributed by atoms with Gasteiger partial charge < -0.3 is 24.3 Å². The third kappa shape index (κ3) is 3.48. The fourth-order valence-electron chi connectivity index (χ4n) is 2.31. The van der Waals surface area contributed by atoms with E-state index in [2.05, 4.69) is 5.32 Å². The molecular formula is C15H17NO6. The standard InChI is InChI=1S/C15H17NO6/c17-14(9-22-15(18)12-2-1-5-19-12)16-10-3-4-11-13(8-10)21-7-6-20-11/h3-4,8,12H,1-2,5-7,9H2,(H,16,17)/t12-/m0/s1. The maximum absolute atomic E-state index is 11.8. The summed E-state index contributed by atoms with van der Waals surface area (Å²) in [4.78, 5) is 23.4. The molecule has 0 radical (unpaired) electrons. The van der Waals surface area contributed by atoms with E-state index < -0.39 is 18.0 Å². The Kier molecular flexibility index (Phi) is 4.43. The summed E-state index contributed by atoms with van der Waals surface area (Å²) in [7, 11) is 0. The minimum absolute atomic E-state index is 0.340. The van der Waals surface area contributed by atoms with Crippen molar-refractivity contribution in [3.63, 3.8) is 0 Å². The van der Waals surface area contributed by atoms with Crippen molar-refractivity contribution in [1.29, 1.82) is 0 Å². The van der Waals surface area contributed by atoms with Crippen molar-refractivity contribution >= 4 is 17.6 Å². The maximum atomic E-state index is 11.8. The van der Waals surface area contributed by atoms with Gasteiger partial charge in [0, 0.05) is 18.4 Å². The Morgan fingerprint density at radius 2 is 2.00 bits per heavy atom. The van der Waals surface area contributed by atoms with Crippen LogP contribution in [0.15, 0.2) is 18.2 Å². The Morgan fingerprint density at radius 1 is 1.18 bits per heavy atom. The van der Waals surface area contributed by atoms with Gasteiger partial charge in [-0.05, 0) is 25.0 Å². The summed E-state index contributed by atoms with van der Waals surface area (Å²) in [5, 5.41) is 2.65. The molecule has 0 saturated carbocycles. The van der Waals surface area contributed by atoms with Crippen LogP contribution < -0.4 is 14.8 Å². The lowest BCUT2D eigenvalue weighted by molar-refractivity contribution is -0.156. The van der Waals surface area contributed by atoms with Gasteiger partial charge in [0.1, 0.15) is 13.2 Å². The van der Waals surface area contributed by atoms with Gasteiger partial charge in [0.25, 0.3) is 5.91 Å². The number of hydrogen-bond donors (Lipinski definition) is 1. The molecule has 2 aliphatic heterocycles. The summed E-state index contributed by atoms with van der Waals surface area (Å²) in [6.07, 6.45) is 0.938. The average molecular weight is 307 g/mol. The van der Waals surface area contributed by atoms with Crippen molar-refractivity contribution < 1.29 is 28.5 Å². The van der Waals surface area contributed by atoms with Crippen LogP contribution in [0.4, 0.5) is 5.69 Å². The number of anilines is 1. The van der Waals surface area contributed by atoms with Crippen LogP contribution in [-0.4, -0.2) is 44.4 Å². The van der Waals surface area contributed by atoms with Crippen LogP contribution in [0.5, 0.6) is 11.5 Å². The second kappa shape index (κ2) is 6.65. The second-order valence-corrected chi connectivity index (χ2v) is 5.02. The van der Waals surface area contributed by atoms with E-state index in [-0.39, 0.29) is 6.61 Å². The van der Waals surface area contributed by atoms with E-state index in [1.807, 2.05) is 0 Å². The summed E-state index contributed by atoms with van der Waals surface area (Å²) in [5.41, 5.74) is 0.558. The monoisotopic (exact) mass is 307 g/mol. The van der Waals surface area contributed by atoms with Gasteiger partial charge in [0.2, 0.25) is 0 Å². The normalized spacial score (nSPS) is 19.5. The lowest BCUT2D eigenvalue weighted by Gasteiger charge is -2.19. The largest absolute Gasteiger partial charge is 0.486 e. The molecule has 3 rings (SSSR count). The summed E-state index contributed by atoms with van der Waals surface area (Å²) >= 11 is 0. The zero-order valence-electron chi connectivity index (χ0n) is 12.0. The minimum atomic E-state index is -0.540. The molecule has 0 bridgehead atoms. The highest BCUT2D eigenvalue weighted by molar-refractivity contribution is 5.93. The molecule has 1 atom stereocenters. The number of carbonyl (C=O) groups excluding carboxylic acids is 2. The molecule has 118 valence electrons. The first-order chi connectivity index (χ1) is 10.7. The molecular weight excluding hydrogens is 290 g/mol. The molecule has 2 aliphatic rings. The Hall–Kier alpha value is -2.28. The molecule has 22 heavy (non-hydrogen) atoms. The van der Waals surface area contributed by atoms with Crippen LogP contribution in [0.3, 0.4) is 0 Å². The highest BCUT2D eigenvalue weighted by Gasteiger charge is 2.25. The summed E-state index contributed by atoms with van der Waals surface area (Å²) in [5.74, 6) is 0.326. The van der Waals surface area contributed by atoms with Gasteiger partial charge >= 0.3 is 5.97 Å². The number of nitrogens with one attached hydrogen (secondary N) is 1. The summed E-state index contributed by atoms with van der Waals surface area (Å²) in [6.45, 7) is 1.21. The summed E-state index contributed by atoms with van der Waals surface area (Å²) < 4.78 is 21.0. The average Bonchev–Trinajstić information content (AvgIpc) is 3.07. The van der Waals surface area contributed by atoms with Crippen LogP contribution in [-0.2, 0) is 19.1 Å². The van der Waals surface area contributed by atoms with Crippen molar-refractivity contribution in [2.75, 3.05) is 31.7 Å². The fourth-order valence-corrected chi connectivity index (χ4v) is 2.31. The highest BCUT2D eigenvalue weighted by Crippen LogP contribution is 2.32. The molecule has 2 heterocycles. The van der Waals surface area contributed by atoms with Gasteiger partial charge in [-0.3, -0.25) is 4.79 Å². The van der Waals surface area contributed by atoms with Gasteiger partial charge in [-0.25, -0.2) is 4.79 Å². The minimum Gasteiger partial charge on any atom is -0.486 e. The number of ether oxygens (including phenoxy) is 4. The van der Waals surface area contributed by atoms with E-state index in [4.69, 9.17) is 18.9 Å². The molecule has 0 aromatic heterocycles. The maximum Gasteiger partial charge on any atom is 0.335 e. The number of rotatable bonds is 4. The summed E-state index contributed by atoms with van der Waals surface area (Å²) in [6, 6.07) is 5.10. The number of fused-ring (bicyclic) bond motifs is 1. The molecule has 1 fully saturated rings. The van der Waals surface area contributed by atoms with Crippen LogP contribution in [0.25, 0.3) is 0 Å². The van der Waals surface area contributed by atoms with Crippen LogP contribution in [0, 0.1) is 0 Å². The predicted octanol–water partition coefficient (Wildman–Crippen LogP) is 1.12. The Labute approximate surface area is 127 Å². The molecule has 7 heteroatoms. The Morgan fingerprint density at radius 3 is 2.77 bits per heavy atom. The van der Waals surface area contributed by atoms with Gasteiger partial charge in [-0.1, -0.05) is 0 Å². The van der Waals surface area contributed by atoms with Crippen LogP contribution in [0.2, 0.25) is 0 Å². The highest BCUT2D eigenvalue weighted by atomic mass is 16.6. The van der Waals surface area contributed by atoms with E-state index >= 15 is 0 Å². The number of hydrogen-bond acceptors (Lipinski definition) is 6. The molecule has 1 aromatic carbocycles. The van der Waals surface area contributed by atoms with Crippen molar-refractivity contribution in [2.45, 2.75) is 18.9 Å². The van der Waals surface area contributed by atoms with Crippen LogP contribution >= 0.6 is 0 Å². The number of amides is 1. The van der Waals surface area contributed by atoms with Crippen molar-refractivity contribution in [3.05, 3.63) is 18.2 Å². The number of carbonyl (C=O) groups is 2. The van der Waals surface area contributed by atoms with E-state index in [1.165, 1.54) is 0 Å². The Balaban J connectivity index is 1.50. The molecule has 7 nitrogen and oxygen atoms in total. The van der Waals surface area contributed by atoms with Crippen LogP contribution in [0.1, 0.15) is 12.8 Å². The molecule has 0 aliphatic carbocycles.